The summed E-state index contributed by atoms with van der Waals surface area (Å²) in [6, 6.07) is 9.79. The van der Waals surface area contributed by atoms with E-state index in [2.05, 4.69) is 16.8 Å². The molecule has 3 nitrogen and oxygen atoms in total. The third kappa shape index (κ3) is 2.99. The normalized spacial score (nSPS) is 12.0. The highest BCUT2D eigenvalue weighted by Gasteiger charge is 2.15. The van der Waals surface area contributed by atoms with E-state index < -0.39 is 0 Å². The van der Waals surface area contributed by atoms with Crippen LogP contribution in [0.4, 0.5) is 5.82 Å². The lowest BCUT2D eigenvalue weighted by molar-refractivity contribution is 0.112. The lowest BCUT2D eigenvalue weighted by Crippen LogP contribution is -2.23. The molecule has 0 spiro atoms. The van der Waals surface area contributed by atoms with Gasteiger partial charge in [0, 0.05) is 23.8 Å². The average molecular weight is 289 g/mol. The summed E-state index contributed by atoms with van der Waals surface area (Å²) in [5.41, 5.74) is 2.70. The molecule has 0 aliphatic carbocycles. The van der Waals surface area contributed by atoms with Gasteiger partial charge >= 0.3 is 0 Å². The van der Waals surface area contributed by atoms with Crippen molar-refractivity contribution < 1.29 is 4.79 Å². The van der Waals surface area contributed by atoms with Crippen molar-refractivity contribution in [2.24, 2.45) is 0 Å². The second kappa shape index (κ2) is 6.06. The van der Waals surface area contributed by atoms with E-state index >= 15 is 0 Å². The number of anilines is 1. The molecule has 1 heterocycles. The zero-order chi connectivity index (χ0) is 14.7. The van der Waals surface area contributed by atoms with Gasteiger partial charge in [0.05, 0.1) is 6.04 Å². The number of carbonyl (C=O) groups is 1. The number of rotatable bonds is 4. The summed E-state index contributed by atoms with van der Waals surface area (Å²) >= 11 is 6.04. The summed E-state index contributed by atoms with van der Waals surface area (Å²) in [6.07, 6.45) is 2.40. The molecule has 104 valence electrons. The summed E-state index contributed by atoms with van der Waals surface area (Å²) < 4.78 is 0. The van der Waals surface area contributed by atoms with Crippen LogP contribution in [0.2, 0.25) is 5.02 Å². The Hall–Kier alpha value is -1.87. The van der Waals surface area contributed by atoms with E-state index in [4.69, 9.17) is 11.6 Å². The van der Waals surface area contributed by atoms with Crippen LogP contribution in [0.25, 0.3) is 0 Å². The summed E-state index contributed by atoms with van der Waals surface area (Å²) in [6.45, 7) is 4.05. The molecule has 1 atom stereocenters. The molecule has 1 aromatic carbocycles. The number of carbonyl (C=O) groups excluding carboxylic acids is 1. The molecule has 0 aliphatic rings. The van der Waals surface area contributed by atoms with Crippen LogP contribution < -0.4 is 4.90 Å². The van der Waals surface area contributed by atoms with Gasteiger partial charge < -0.3 is 4.90 Å². The fourth-order valence-corrected chi connectivity index (χ4v) is 2.40. The Morgan fingerprint density at radius 2 is 2.10 bits per heavy atom. The van der Waals surface area contributed by atoms with Crippen LogP contribution in [0.3, 0.4) is 0 Å². The van der Waals surface area contributed by atoms with Crippen LogP contribution in [0.5, 0.6) is 0 Å². The highest BCUT2D eigenvalue weighted by Crippen LogP contribution is 2.27. The van der Waals surface area contributed by atoms with Crippen molar-refractivity contribution in [3.05, 3.63) is 58.2 Å². The van der Waals surface area contributed by atoms with E-state index in [0.29, 0.717) is 5.56 Å². The summed E-state index contributed by atoms with van der Waals surface area (Å²) in [7, 11) is 1.99. The van der Waals surface area contributed by atoms with Gasteiger partial charge in [-0.25, -0.2) is 4.98 Å². The number of benzene rings is 1. The van der Waals surface area contributed by atoms with Crippen molar-refractivity contribution >= 4 is 23.7 Å². The minimum Gasteiger partial charge on any atom is -0.353 e. The molecule has 20 heavy (non-hydrogen) atoms. The summed E-state index contributed by atoms with van der Waals surface area (Å²) in [5, 5.41) is 0.726. The van der Waals surface area contributed by atoms with Crippen LogP contribution in [-0.2, 0) is 0 Å². The van der Waals surface area contributed by atoms with Crippen LogP contribution in [0.1, 0.15) is 34.5 Å². The summed E-state index contributed by atoms with van der Waals surface area (Å²) in [4.78, 5) is 17.2. The maximum atomic E-state index is 10.8. The molecule has 0 fully saturated rings. The van der Waals surface area contributed by atoms with Gasteiger partial charge in [-0.2, -0.15) is 0 Å². The predicted octanol–water partition coefficient (Wildman–Crippen LogP) is 4.05. The van der Waals surface area contributed by atoms with E-state index in [1.807, 2.05) is 44.3 Å². The van der Waals surface area contributed by atoms with E-state index in [1.165, 1.54) is 0 Å². The topological polar surface area (TPSA) is 33.2 Å². The van der Waals surface area contributed by atoms with Gasteiger partial charge in [-0.05, 0) is 43.2 Å². The zero-order valence-corrected chi connectivity index (χ0v) is 12.6. The molecule has 2 rings (SSSR count). The Morgan fingerprint density at radius 1 is 1.35 bits per heavy atom. The number of pyridine rings is 1. The quantitative estimate of drug-likeness (QED) is 0.796. The van der Waals surface area contributed by atoms with Gasteiger partial charge in [0.25, 0.3) is 0 Å². The van der Waals surface area contributed by atoms with Gasteiger partial charge in [0.1, 0.15) is 5.82 Å². The van der Waals surface area contributed by atoms with E-state index in [1.54, 1.807) is 6.20 Å². The smallest absolute Gasteiger partial charge is 0.151 e. The fraction of sp³-hybridized carbons (Fsp3) is 0.250. The summed E-state index contributed by atoms with van der Waals surface area (Å²) in [5.74, 6) is 0.864. The lowest BCUT2D eigenvalue weighted by Gasteiger charge is -2.27. The van der Waals surface area contributed by atoms with E-state index in [-0.39, 0.29) is 6.04 Å². The molecule has 0 N–H and O–H groups in total. The minimum absolute atomic E-state index is 0.141. The Morgan fingerprint density at radius 3 is 2.70 bits per heavy atom. The molecule has 0 amide bonds. The van der Waals surface area contributed by atoms with Crippen molar-refractivity contribution in [2.45, 2.75) is 19.9 Å². The van der Waals surface area contributed by atoms with Crippen molar-refractivity contribution in [1.82, 2.24) is 4.98 Å². The largest absolute Gasteiger partial charge is 0.353 e. The number of aldehydes is 1. The molecular formula is C16H17ClN2O. The van der Waals surface area contributed by atoms with Crippen molar-refractivity contribution in [1.29, 1.82) is 0 Å². The van der Waals surface area contributed by atoms with Gasteiger partial charge in [-0.15, -0.1) is 0 Å². The second-order valence-electron chi connectivity index (χ2n) is 4.87. The van der Waals surface area contributed by atoms with Crippen LogP contribution >= 0.6 is 11.6 Å². The van der Waals surface area contributed by atoms with E-state index in [9.17, 15) is 4.79 Å². The van der Waals surface area contributed by atoms with Crippen molar-refractivity contribution in [2.75, 3.05) is 11.9 Å². The zero-order valence-electron chi connectivity index (χ0n) is 11.8. The molecule has 0 saturated carbocycles. The van der Waals surface area contributed by atoms with Gasteiger partial charge in [0.15, 0.2) is 6.29 Å². The molecular weight excluding hydrogens is 272 g/mol. The molecule has 0 bridgehead atoms. The first-order valence-electron chi connectivity index (χ1n) is 6.43. The Balaban J connectivity index is 2.31. The first kappa shape index (κ1) is 14.5. The highest BCUT2D eigenvalue weighted by molar-refractivity contribution is 6.30. The molecule has 0 radical (unpaired) electrons. The van der Waals surface area contributed by atoms with Crippen LogP contribution in [-0.4, -0.2) is 18.3 Å². The Bertz CT molecular complexity index is 628. The monoisotopic (exact) mass is 288 g/mol. The van der Waals surface area contributed by atoms with Gasteiger partial charge in [-0.1, -0.05) is 23.7 Å². The number of aryl methyl sites for hydroxylation is 1. The maximum absolute atomic E-state index is 10.8. The molecule has 2 aromatic rings. The number of nitrogens with zero attached hydrogens (tertiary/aromatic N) is 2. The molecule has 1 unspecified atom stereocenters. The number of hydrogen-bond acceptors (Lipinski definition) is 3. The predicted molar refractivity (Wildman–Crippen MR) is 82.6 cm³/mol. The van der Waals surface area contributed by atoms with Gasteiger partial charge in [0.2, 0.25) is 0 Å². The van der Waals surface area contributed by atoms with Gasteiger partial charge in [-0.3, -0.25) is 4.79 Å². The number of hydrogen-bond donors (Lipinski definition) is 0. The highest BCUT2D eigenvalue weighted by atomic mass is 35.5. The fourth-order valence-electron chi connectivity index (χ4n) is 2.20. The maximum Gasteiger partial charge on any atom is 0.151 e. The van der Waals surface area contributed by atoms with Crippen LogP contribution in [0.15, 0.2) is 36.5 Å². The number of halogens is 1. The average Bonchev–Trinajstić information content (AvgIpc) is 2.45. The SMILES string of the molecule is Cc1cc(C=O)cnc1N(C)C(C)c1cccc(Cl)c1. The van der Waals surface area contributed by atoms with Crippen LogP contribution in [0, 0.1) is 6.92 Å². The Labute approximate surface area is 124 Å². The third-order valence-corrected chi connectivity index (χ3v) is 3.69. The first-order valence-corrected chi connectivity index (χ1v) is 6.81. The first-order chi connectivity index (χ1) is 9.52. The Kier molecular flexibility index (Phi) is 4.40. The molecule has 4 heteroatoms. The lowest BCUT2D eigenvalue weighted by atomic mass is 10.1. The van der Waals surface area contributed by atoms with Crippen molar-refractivity contribution in [3.63, 3.8) is 0 Å². The third-order valence-electron chi connectivity index (χ3n) is 3.45. The number of aromatic nitrogens is 1. The van der Waals surface area contributed by atoms with Crippen molar-refractivity contribution in [3.8, 4) is 0 Å². The van der Waals surface area contributed by atoms with E-state index in [0.717, 1.165) is 28.3 Å². The molecule has 0 saturated heterocycles. The minimum atomic E-state index is 0.141. The standard InChI is InChI=1S/C16H17ClN2O/c1-11-7-13(10-20)9-18-16(11)19(3)12(2)14-5-4-6-15(17)8-14/h4-10,12H,1-3H3. The molecule has 1 aromatic heterocycles. The molecule has 0 aliphatic heterocycles. The second-order valence-corrected chi connectivity index (χ2v) is 5.31.